The summed E-state index contributed by atoms with van der Waals surface area (Å²) in [5.41, 5.74) is 8.54. The summed E-state index contributed by atoms with van der Waals surface area (Å²) < 4.78 is 4.32. The smallest absolute Gasteiger partial charge is 0.147 e. The third-order valence-electron chi connectivity index (χ3n) is 4.42. The highest BCUT2D eigenvalue weighted by Crippen LogP contribution is 2.39. The number of rotatable bonds is 4. The summed E-state index contributed by atoms with van der Waals surface area (Å²) in [5.74, 6) is 0.600. The Morgan fingerprint density at radius 3 is 2.67 bits per heavy atom. The minimum atomic E-state index is 0.395. The van der Waals surface area contributed by atoms with Crippen LogP contribution in [0.4, 0.5) is 10.8 Å². The lowest BCUT2D eigenvalue weighted by Crippen LogP contribution is -2.28. The Hall–Kier alpha value is -1.62. The Morgan fingerprint density at radius 2 is 1.95 bits per heavy atom. The molecule has 0 amide bonds. The summed E-state index contributed by atoms with van der Waals surface area (Å²) in [4.78, 5) is 4.07. The first kappa shape index (κ1) is 14.3. The lowest BCUT2D eigenvalue weighted by molar-refractivity contribution is 0.233. The van der Waals surface area contributed by atoms with Crippen LogP contribution in [0.5, 0.6) is 0 Å². The van der Waals surface area contributed by atoms with Crippen LogP contribution < -0.4 is 11.1 Å². The van der Waals surface area contributed by atoms with E-state index in [1.807, 2.05) is 12.1 Å². The van der Waals surface area contributed by atoms with Gasteiger partial charge in [-0.3, -0.25) is 4.98 Å². The zero-order valence-corrected chi connectivity index (χ0v) is 13.2. The molecule has 112 valence electrons. The van der Waals surface area contributed by atoms with Gasteiger partial charge in [0.25, 0.3) is 0 Å². The molecule has 3 N–H and O–H groups in total. The molecule has 0 radical (unpaired) electrons. The zero-order valence-electron chi connectivity index (χ0n) is 12.4. The van der Waals surface area contributed by atoms with Crippen LogP contribution in [0.1, 0.15) is 39.0 Å². The second-order valence-electron chi connectivity index (χ2n) is 6.23. The highest BCUT2D eigenvalue weighted by Gasteiger charge is 2.27. The molecule has 1 aliphatic carbocycles. The number of hydrogen-bond acceptors (Lipinski definition) is 5. The van der Waals surface area contributed by atoms with Crippen molar-refractivity contribution < 1.29 is 0 Å². The molecule has 0 atom stereocenters. The molecule has 2 aromatic heterocycles. The molecule has 1 saturated carbocycles. The maximum Gasteiger partial charge on any atom is 0.147 e. The molecule has 0 saturated heterocycles. The highest BCUT2D eigenvalue weighted by molar-refractivity contribution is 7.11. The second kappa shape index (κ2) is 6.02. The van der Waals surface area contributed by atoms with Gasteiger partial charge in [0, 0.05) is 18.9 Å². The number of anilines is 2. The summed E-state index contributed by atoms with van der Waals surface area (Å²) in [6, 6.07) is 3.96. The van der Waals surface area contributed by atoms with E-state index in [4.69, 9.17) is 5.73 Å². The van der Waals surface area contributed by atoms with Crippen molar-refractivity contribution in [3.8, 4) is 11.1 Å². The number of nitrogens with one attached hydrogen (secondary N) is 1. The second-order valence-corrected chi connectivity index (χ2v) is 7.01. The predicted molar refractivity (Wildman–Crippen MR) is 89.4 cm³/mol. The van der Waals surface area contributed by atoms with Gasteiger partial charge in [-0.1, -0.05) is 26.2 Å². The van der Waals surface area contributed by atoms with E-state index in [0.29, 0.717) is 11.2 Å². The fourth-order valence-corrected chi connectivity index (χ4v) is 3.83. The first-order chi connectivity index (χ1) is 10.2. The lowest BCUT2D eigenvalue weighted by atomic mass is 9.76. The lowest BCUT2D eigenvalue weighted by Gasteiger charge is -2.33. The van der Waals surface area contributed by atoms with E-state index < -0.39 is 0 Å². The first-order valence-corrected chi connectivity index (χ1v) is 8.35. The summed E-state index contributed by atoms with van der Waals surface area (Å²) >= 11 is 1.45. The van der Waals surface area contributed by atoms with Crippen molar-refractivity contribution in [2.75, 3.05) is 17.6 Å². The van der Waals surface area contributed by atoms with Crippen molar-refractivity contribution in [1.29, 1.82) is 0 Å². The van der Waals surface area contributed by atoms with Crippen molar-refractivity contribution in [3.63, 3.8) is 0 Å². The highest BCUT2D eigenvalue weighted by atomic mass is 32.1. The molecule has 1 fully saturated rings. The van der Waals surface area contributed by atoms with Crippen LogP contribution in [0.15, 0.2) is 24.5 Å². The Bertz CT molecular complexity index is 588. The third-order valence-corrected chi connectivity index (χ3v) is 5.24. The van der Waals surface area contributed by atoms with Crippen molar-refractivity contribution in [2.45, 2.75) is 39.0 Å². The number of pyridine rings is 1. The van der Waals surface area contributed by atoms with Crippen LogP contribution in [0.3, 0.4) is 0 Å². The van der Waals surface area contributed by atoms with Crippen molar-refractivity contribution >= 4 is 22.4 Å². The van der Waals surface area contributed by atoms with E-state index in [0.717, 1.165) is 22.7 Å². The average Bonchev–Trinajstić information content (AvgIpc) is 2.88. The van der Waals surface area contributed by atoms with Gasteiger partial charge in [0.15, 0.2) is 0 Å². The summed E-state index contributed by atoms with van der Waals surface area (Å²) in [6.07, 6.45) is 10.3. The van der Waals surface area contributed by atoms with E-state index in [1.54, 1.807) is 12.4 Å². The largest absolute Gasteiger partial charge is 0.382 e. The Kier molecular flexibility index (Phi) is 4.10. The van der Waals surface area contributed by atoms with E-state index in [-0.39, 0.29) is 0 Å². The van der Waals surface area contributed by atoms with Crippen LogP contribution >= 0.6 is 11.5 Å². The molecule has 3 rings (SSSR count). The Labute approximate surface area is 130 Å². The van der Waals surface area contributed by atoms with Gasteiger partial charge in [0.05, 0.1) is 5.56 Å². The van der Waals surface area contributed by atoms with E-state index >= 15 is 0 Å². The van der Waals surface area contributed by atoms with Crippen LogP contribution in [-0.4, -0.2) is 15.9 Å². The topological polar surface area (TPSA) is 63.8 Å². The zero-order chi connectivity index (χ0) is 14.7. The molecule has 21 heavy (non-hydrogen) atoms. The fraction of sp³-hybridized carbons (Fsp3) is 0.500. The van der Waals surface area contributed by atoms with Crippen LogP contribution in [0.2, 0.25) is 0 Å². The molecule has 5 heteroatoms. The Morgan fingerprint density at radius 1 is 1.24 bits per heavy atom. The van der Waals surface area contributed by atoms with Gasteiger partial charge in [-0.25, -0.2) is 0 Å². The number of hydrogen-bond donors (Lipinski definition) is 2. The molecule has 0 aromatic carbocycles. The first-order valence-electron chi connectivity index (χ1n) is 7.57. The Balaban J connectivity index is 1.77. The van der Waals surface area contributed by atoms with Gasteiger partial charge in [0.2, 0.25) is 0 Å². The van der Waals surface area contributed by atoms with Gasteiger partial charge >= 0.3 is 0 Å². The molecular formula is C16H22N4S. The van der Waals surface area contributed by atoms with Crippen LogP contribution in [-0.2, 0) is 0 Å². The van der Waals surface area contributed by atoms with E-state index in [9.17, 15) is 0 Å². The molecule has 2 aromatic rings. The molecule has 0 unspecified atom stereocenters. The maximum atomic E-state index is 6.05. The summed E-state index contributed by atoms with van der Waals surface area (Å²) in [5, 5.41) is 4.67. The van der Waals surface area contributed by atoms with Gasteiger partial charge in [-0.15, -0.1) is 0 Å². The number of nitrogens with zero attached hydrogens (tertiary/aromatic N) is 2. The molecule has 1 aliphatic rings. The van der Waals surface area contributed by atoms with Gasteiger partial charge in [-0.05, 0) is 47.5 Å². The monoisotopic (exact) mass is 302 g/mol. The molecule has 2 heterocycles. The molecule has 0 aliphatic heterocycles. The van der Waals surface area contributed by atoms with E-state index in [1.165, 1.54) is 43.6 Å². The predicted octanol–water partition coefficient (Wildman–Crippen LogP) is 4.17. The molecule has 0 bridgehead atoms. The standard InChI is InChI=1S/C16H22N4S/c1-16(7-3-2-4-8-16)11-19-15-13(14(17)20-21-15)12-5-9-18-10-6-12/h5-6,9-10,19H,2-4,7-8,11H2,1H3,(H2,17,20). The minimum absolute atomic E-state index is 0.395. The normalized spacial score (nSPS) is 17.6. The van der Waals surface area contributed by atoms with Crippen LogP contribution in [0, 0.1) is 5.41 Å². The van der Waals surface area contributed by atoms with Crippen molar-refractivity contribution in [1.82, 2.24) is 9.36 Å². The quantitative estimate of drug-likeness (QED) is 0.889. The molecular weight excluding hydrogens is 280 g/mol. The van der Waals surface area contributed by atoms with Gasteiger partial charge < -0.3 is 11.1 Å². The van der Waals surface area contributed by atoms with E-state index in [2.05, 4.69) is 21.6 Å². The van der Waals surface area contributed by atoms with Crippen molar-refractivity contribution in [2.24, 2.45) is 5.41 Å². The summed E-state index contributed by atoms with van der Waals surface area (Å²) in [6.45, 7) is 3.38. The van der Waals surface area contributed by atoms with Gasteiger partial charge in [0.1, 0.15) is 10.8 Å². The van der Waals surface area contributed by atoms with Gasteiger partial charge in [-0.2, -0.15) is 4.37 Å². The number of nitrogen functional groups attached to an aromatic ring is 1. The molecule has 0 spiro atoms. The van der Waals surface area contributed by atoms with Crippen molar-refractivity contribution in [3.05, 3.63) is 24.5 Å². The maximum absolute atomic E-state index is 6.05. The minimum Gasteiger partial charge on any atom is -0.382 e. The fourth-order valence-electron chi connectivity index (χ4n) is 3.10. The third kappa shape index (κ3) is 3.18. The molecule has 4 nitrogen and oxygen atoms in total. The SMILES string of the molecule is CC1(CNc2snc(N)c2-c2ccncc2)CCCCC1. The van der Waals surface area contributed by atoms with Crippen LogP contribution in [0.25, 0.3) is 11.1 Å². The number of aromatic nitrogens is 2. The summed E-state index contributed by atoms with van der Waals surface area (Å²) in [7, 11) is 0. The average molecular weight is 302 g/mol. The number of nitrogens with two attached hydrogens (primary N) is 1.